The third-order valence-electron chi connectivity index (χ3n) is 3.23. The van der Waals surface area contributed by atoms with Gasteiger partial charge >= 0.3 is 0 Å². The minimum absolute atomic E-state index is 0.269. The molecule has 2 unspecified atom stereocenters. The Morgan fingerprint density at radius 1 is 1.27 bits per heavy atom. The van der Waals surface area contributed by atoms with Gasteiger partial charge in [0, 0.05) is 5.25 Å². The fourth-order valence-corrected chi connectivity index (χ4v) is 3.76. The molecule has 0 radical (unpaired) electrons. The standard InChI is InChI=1S/C14H14S/c1-10-5-3-7-12(9-10)14-8-4-6-11(2)13(14)15-14/h3-9,13H,1-2H3. The summed E-state index contributed by atoms with van der Waals surface area (Å²) in [7, 11) is 0. The van der Waals surface area contributed by atoms with Gasteiger partial charge in [-0.25, -0.2) is 0 Å². The Kier molecular flexibility index (Phi) is 1.87. The van der Waals surface area contributed by atoms with Crippen molar-refractivity contribution in [1.82, 2.24) is 0 Å². The Morgan fingerprint density at radius 3 is 2.93 bits per heavy atom. The van der Waals surface area contributed by atoms with Crippen molar-refractivity contribution in [2.24, 2.45) is 0 Å². The van der Waals surface area contributed by atoms with E-state index in [1.54, 1.807) is 0 Å². The molecule has 0 aromatic heterocycles. The molecule has 1 aliphatic heterocycles. The second kappa shape index (κ2) is 3.02. The van der Waals surface area contributed by atoms with Crippen LogP contribution in [-0.4, -0.2) is 5.25 Å². The molecule has 0 spiro atoms. The van der Waals surface area contributed by atoms with Crippen LogP contribution in [-0.2, 0) is 4.75 Å². The lowest BCUT2D eigenvalue weighted by Crippen LogP contribution is -2.12. The molecule has 1 aromatic rings. The van der Waals surface area contributed by atoms with Crippen molar-refractivity contribution < 1.29 is 0 Å². The first-order valence-corrected chi connectivity index (χ1v) is 6.21. The van der Waals surface area contributed by atoms with Gasteiger partial charge < -0.3 is 0 Å². The summed E-state index contributed by atoms with van der Waals surface area (Å²) >= 11 is 2.06. The Hall–Kier alpha value is -0.950. The van der Waals surface area contributed by atoms with Crippen molar-refractivity contribution in [3.8, 4) is 0 Å². The van der Waals surface area contributed by atoms with Crippen molar-refractivity contribution in [1.29, 1.82) is 0 Å². The van der Waals surface area contributed by atoms with Crippen LogP contribution in [0.3, 0.4) is 0 Å². The smallest absolute Gasteiger partial charge is 0.0754 e. The van der Waals surface area contributed by atoms with Crippen molar-refractivity contribution in [2.45, 2.75) is 23.8 Å². The second-order valence-corrected chi connectivity index (χ2v) is 5.81. The third kappa shape index (κ3) is 1.30. The van der Waals surface area contributed by atoms with Gasteiger partial charge in [0.15, 0.2) is 0 Å². The summed E-state index contributed by atoms with van der Waals surface area (Å²) in [6.45, 7) is 4.40. The normalized spacial score (nSPS) is 32.1. The lowest BCUT2D eigenvalue weighted by molar-refractivity contribution is 0.867. The topological polar surface area (TPSA) is 0 Å². The summed E-state index contributed by atoms with van der Waals surface area (Å²) < 4.78 is 0.269. The maximum Gasteiger partial charge on any atom is 0.0754 e. The van der Waals surface area contributed by atoms with Gasteiger partial charge in [0.1, 0.15) is 0 Å². The number of aryl methyl sites for hydroxylation is 1. The van der Waals surface area contributed by atoms with Crippen LogP contribution < -0.4 is 0 Å². The lowest BCUT2D eigenvalue weighted by atomic mass is 9.88. The highest BCUT2D eigenvalue weighted by Gasteiger charge is 2.56. The highest BCUT2D eigenvalue weighted by Crippen LogP contribution is 2.66. The monoisotopic (exact) mass is 214 g/mol. The largest absolute Gasteiger partial charge is 0.135 e. The Bertz CT molecular complexity index is 470. The number of fused-ring (bicyclic) bond motifs is 1. The number of rotatable bonds is 1. The summed E-state index contributed by atoms with van der Waals surface area (Å²) in [6, 6.07) is 8.90. The zero-order valence-electron chi connectivity index (χ0n) is 9.03. The van der Waals surface area contributed by atoms with E-state index in [0.29, 0.717) is 5.25 Å². The molecule has 1 heteroatoms. The van der Waals surface area contributed by atoms with E-state index in [0.717, 1.165) is 0 Å². The first-order valence-electron chi connectivity index (χ1n) is 5.33. The number of thioether (sulfide) groups is 1. The summed E-state index contributed by atoms with van der Waals surface area (Å²) in [4.78, 5) is 0. The number of hydrogen-bond acceptors (Lipinski definition) is 1. The molecule has 0 amide bonds. The maximum absolute atomic E-state index is 2.35. The van der Waals surface area contributed by atoms with Crippen molar-refractivity contribution in [2.75, 3.05) is 0 Å². The highest BCUT2D eigenvalue weighted by atomic mass is 32.2. The second-order valence-electron chi connectivity index (χ2n) is 4.43. The van der Waals surface area contributed by atoms with Crippen molar-refractivity contribution in [3.63, 3.8) is 0 Å². The van der Waals surface area contributed by atoms with E-state index in [1.165, 1.54) is 16.7 Å². The van der Waals surface area contributed by atoms with Crippen LogP contribution in [0.25, 0.3) is 0 Å². The Balaban J connectivity index is 2.04. The lowest BCUT2D eigenvalue weighted by Gasteiger charge is -2.14. The van der Waals surface area contributed by atoms with Gasteiger partial charge in [0.05, 0.1) is 4.75 Å². The Labute approximate surface area is 95.1 Å². The Morgan fingerprint density at radius 2 is 2.13 bits per heavy atom. The van der Waals surface area contributed by atoms with Crippen LogP contribution in [0, 0.1) is 6.92 Å². The molecule has 2 aliphatic rings. The van der Waals surface area contributed by atoms with Crippen LogP contribution in [0.4, 0.5) is 0 Å². The molecular weight excluding hydrogens is 200 g/mol. The summed E-state index contributed by atoms with van der Waals surface area (Å²) in [6.07, 6.45) is 6.79. The van der Waals surface area contributed by atoms with Gasteiger partial charge in [-0.1, -0.05) is 53.6 Å². The molecule has 1 saturated heterocycles. The first kappa shape index (κ1) is 9.29. The molecule has 15 heavy (non-hydrogen) atoms. The fourth-order valence-electron chi connectivity index (χ4n) is 2.35. The predicted molar refractivity (Wildman–Crippen MR) is 67.1 cm³/mol. The number of hydrogen-bond donors (Lipinski definition) is 0. The minimum atomic E-state index is 0.269. The van der Waals surface area contributed by atoms with E-state index >= 15 is 0 Å². The summed E-state index contributed by atoms with van der Waals surface area (Å²) in [5.74, 6) is 0. The molecule has 0 nitrogen and oxygen atoms in total. The molecule has 2 atom stereocenters. The van der Waals surface area contributed by atoms with E-state index < -0.39 is 0 Å². The quantitative estimate of drug-likeness (QED) is 0.640. The molecule has 1 aromatic carbocycles. The van der Waals surface area contributed by atoms with Crippen molar-refractivity contribution in [3.05, 3.63) is 59.2 Å². The van der Waals surface area contributed by atoms with E-state index in [9.17, 15) is 0 Å². The van der Waals surface area contributed by atoms with Gasteiger partial charge in [0.25, 0.3) is 0 Å². The third-order valence-corrected chi connectivity index (χ3v) is 4.95. The molecule has 1 fully saturated rings. The van der Waals surface area contributed by atoms with Gasteiger partial charge in [-0.2, -0.15) is 0 Å². The van der Waals surface area contributed by atoms with Crippen molar-refractivity contribution >= 4 is 11.8 Å². The van der Waals surface area contributed by atoms with Gasteiger partial charge in [-0.15, -0.1) is 11.8 Å². The van der Waals surface area contributed by atoms with Crippen LogP contribution in [0.15, 0.2) is 48.1 Å². The molecule has 76 valence electrons. The van der Waals surface area contributed by atoms with E-state index in [1.807, 2.05) is 0 Å². The molecular formula is C14H14S. The minimum Gasteiger partial charge on any atom is -0.135 e. The van der Waals surface area contributed by atoms with E-state index in [4.69, 9.17) is 0 Å². The number of allylic oxidation sites excluding steroid dienone is 2. The molecule has 0 N–H and O–H groups in total. The van der Waals surface area contributed by atoms with E-state index in [2.05, 4.69) is 68.1 Å². The molecule has 0 bridgehead atoms. The average molecular weight is 214 g/mol. The highest BCUT2D eigenvalue weighted by molar-refractivity contribution is 8.08. The average Bonchev–Trinajstić information content (AvgIpc) is 2.95. The van der Waals surface area contributed by atoms with Crippen LogP contribution in [0.2, 0.25) is 0 Å². The van der Waals surface area contributed by atoms with Crippen LogP contribution in [0.1, 0.15) is 18.1 Å². The van der Waals surface area contributed by atoms with Gasteiger partial charge in [-0.05, 0) is 19.4 Å². The maximum atomic E-state index is 2.35. The van der Waals surface area contributed by atoms with Gasteiger partial charge in [0.2, 0.25) is 0 Å². The molecule has 1 heterocycles. The molecule has 1 aliphatic carbocycles. The van der Waals surface area contributed by atoms with E-state index in [-0.39, 0.29) is 4.75 Å². The fraction of sp³-hybridized carbons (Fsp3) is 0.286. The summed E-state index contributed by atoms with van der Waals surface area (Å²) in [5.41, 5.74) is 4.32. The zero-order chi connectivity index (χ0) is 10.5. The van der Waals surface area contributed by atoms with Crippen LogP contribution in [0.5, 0.6) is 0 Å². The van der Waals surface area contributed by atoms with Gasteiger partial charge in [-0.3, -0.25) is 0 Å². The zero-order valence-corrected chi connectivity index (χ0v) is 9.84. The molecule has 3 rings (SSSR count). The number of benzene rings is 1. The SMILES string of the molecule is CC1=CC=CC2(c3cccc(C)c3)SC12. The van der Waals surface area contributed by atoms with Crippen LogP contribution >= 0.6 is 11.8 Å². The predicted octanol–water partition coefficient (Wildman–Crippen LogP) is 3.82. The summed E-state index contributed by atoms with van der Waals surface area (Å²) in [5, 5.41) is 0.685. The molecule has 0 saturated carbocycles. The first-order chi connectivity index (χ1) is 7.22.